The van der Waals surface area contributed by atoms with Gasteiger partial charge in [0, 0.05) is 24.8 Å². The van der Waals surface area contributed by atoms with E-state index in [9.17, 15) is 14.0 Å². The van der Waals surface area contributed by atoms with E-state index in [-0.39, 0.29) is 24.1 Å². The molecular formula is C19H22FN3O3. The molecule has 0 unspecified atom stereocenters. The summed E-state index contributed by atoms with van der Waals surface area (Å²) in [5.41, 5.74) is 1.87. The van der Waals surface area contributed by atoms with Crippen LogP contribution in [0.1, 0.15) is 15.9 Å². The number of carbonyl (C=O) groups excluding carboxylic acids is 2. The number of methoxy groups -OCH3 is 1. The van der Waals surface area contributed by atoms with Gasteiger partial charge in [-0.15, -0.1) is 0 Å². The highest BCUT2D eigenvalue weighted by molar-refractivity contribution is 5.96. The van der Waals surface area contributed by atoms with Crippen LogP contribution in [0.4, 0.5) is 10.1 Å². The van der Waals surface area contributed by atoms with Crippen molar-refractivity contribution in [1.82, 2.24) is 10.2 Å². The predicted molar refractivity (Wildman–Crippen MR) is 97.7 cm³/mol. The Bertz CT molecular complexity index is 778. The van der Waals surface area contributed by atoms with Crippen LogP contribution >= 0.6 is 0 Å². The zero-order chi connectivity index (χ0) is 19.1. The Morgan fingerprint density at radius 1 is 1.15 bits per heavy atom. The van der Waals surface area contributed by atoms with E-state index in [1.165, 1.54) is 13.2 Å². The number of carbonyl (C=O) groups is 2. The molecule has 2 aromatic carbocycles. The second kappa shape index (κ2) is 8.96. The van der Waals surface area contributed by atoms with E-state index in [2.05, 4.69) is 10.6 Å². The summed E-state index contributed by atoms with van der Waals surface area (Å²) in [6, 6.07) is 11.3. The van der Waals surface area contributed by atoms with Crippen molar-refractivity contribution < 1.29 is 18.7 Å². The number of nitrogens with zero attached hydrogens (tertiary/aromatic N) is 1. The quantitative estimate of drug-likeness (QED) is 0.796. The average Bonchev–Trinajstić information content (AvgIpc) is 2.61. The predicted octanol–water partition coefficient (Wildman–Crippen LogP) is 2.26. The third-order valence-corrected chi connectivity index (χ3v) is 3.74. The molecule has 0 radical (unpaired) electrons. The summed E-state index contributed by atoms with van der Waals surface area (Å²) in [6.45, 7) is 0.564. The first-order valence-corrected chi connectivity index (χ1v) is 8.06. The summed E-state index contributed by atoms with van der Waals surface area (Å²) in [5.74, 6) is -0.628. The maximum absolute atomic E-state index is 13.7. The van der Waals surface area contributed by atoms with Gasteiger partial charge in [-0.3, -0.25) is 14.5 Å². The third kappa shape index (κ3) is 5.29. The van der Waals surface area contributed by atoms with Gasteiger partial charge in [0.25, 0.3) is 5.91 Å². The van der Waals surface area contributed by atoms with Crippen molar-refractivity contribution in [3.8, 4) is 5.75 Å². The first-order valence-electron chi connectivity index (χ1n) is 8.06. The molecule has 0 aliphatic heterocycles. The molecule has 6 nitrogen and oxygen atoms in total. The Kier molecular flexibility index (Phi) is 6.68. The monoisotopic (exact) mass is 359 g/mol. The molecule has 0 saturated carbocycles. The fraction of sp³-hybridized carbons (Fsp3) is 0.263. The van der Waals surface area contributed by atoms with E-state index in [1.54, 1.807) is 55.4 Å². The Morgan fingerprint density at radius 2 is 1.85 bits per heavy atom. The molecular weight excluding hydrogens is 337 g/mol. The van der Waals surface area contributed by atoms with Crippen molar-refractivity contribution >= 4 is 17.5 Å². The standard InChI is InChI=1S/C19H22FN3O3/c1-21-19(25)14-5-7-15(8-6-14)22-18(24)12-23(2)11-13-4-9-17(26-3)16(20)10-13/h4-10H,11-12H2,1-3H3,(H,21,25)(H,22,24). The highest BCUT2D eigenvalue weighted by Gasteiger charge is 2.10. The molecule has 0 heterocycles. The van der Waals surface area contributed by atoms with Crippen molar-refractivity contribution in [2.45, 2.75) is 6.54 Å². The van der Waals surface area contributed by atoms with Gasteiger partial charge in [-0.1, -0.05) is 6.07 Å². The van der Waals surface area contributed by atoms with E-state index < -0.39 is 5.82 Å². The molecule has 138 valence electrons. The SMILES string of the molecule is CNC(=O)c1ccc(NC(=O)CN(C)Cc2ccc(OC)c(F)c2)cc1. The minimum atomic E-state index is -0.431. The summed E-state index contributed by atoms with van der Waals surface area (Å²) >= 11 is 0. The first-order chi connectivity index (χ1) is 12.4. The fourth-order valence-electron chi connectivity index (χ4n) is 2.47. The molecule has 0 spiro atoms. The Hall–Kier alpha value is -2.93. The molecule has 0 fully saturated rings. The Balaban J connectivity index is 1.88. The van der Waals surface area contributed by atoms with Crippen LogP contribution in [-0.4, -0.2) is 44.5 Å². The van der Waals surface area contributed by atoms with Gasteiger partial charge in [-0.25, -0.2) is 4.39 Å². The first kappa shape index (κ1) is 19.4. The minimum absolute atomic E-state index is 0.144. The molecule has 26 heavy (non-hydrogen) atoms. The molecule has 2 N–H and O–H groups in total. The number of rotatable bonds is 7. The lowest BCUT2D eigenvalue weighted by Gasteiger charge is -2.17. The van der Waals surface area contributed by atoms with Crippen LogP contribution in [-0.2, 0) is 11.3 Å². The highest BCUT2D eigenvalue weighted by atomic mass is 19.1. The summed E-state index contributed by atoms with van der Waals surface area (Å²) in [7, 11) is 4.74. The number of anilines is 1. The van der Waals surface area contributed by atoms with Gasteiger partial charge in [-0.05, 0) is 49.0 Å². The van der Waals surface area contributed by atoms with Crippen molar-refractivity contribution in [1.29, 1.82) is 0 Å². The summed E-state index contributed by atoms with van der Waals surface area (Å²) in [4.78, 5) is 25.4. The molecule has 7 heteroatoms. The number of amides is 2. The Morgan fingerprint density at radius 3 is 2.42 bits per heavy atom. The normalized spacial score (nSPS) is 10.5. The number of benzene rings is 2. The second-order valence-electron chi connectivity index (χ2n) is 5.85. The molecule has 0 aliphatic carbocycles. The van der Waals surface area contributed by atoms with Gasteiger partial charge in [0.1, 0.15) is 0 Å². The number of likely N-dealkylation sites (N-methyl/N-ethyl adjacent to an activating group) is 1. The molecule has 2 amide bonds. The molecule has 0 saturated heterocycles. The van der Waals surface area contributed by atoms with Crippen LogP contribution in [0.2, 0.25) is 0 Å². The maximum atomic E-state index is 13.7. The van der Waals surface area contributed by atoms with Gasteiger partial charge >= 0.3 is 0 Å². The van der Waals surface area contributed by atoms with Crippen molar-refractivity contribution in [3.63, 3.8) is 0 Å². The van der Waals surface area contributed by atoms with Crippen molar-refractivity contribution in [3.05, 3.63) is 59.4 Å². The molecule has 0 bridgehead atoms. The zero-order valence-corrected chi connectivity index (χ0v) is 15.0. The minimum Gasteiger partial charge on any atom is -0.494 e. The largest absolute Gasteiger partial charge is 0.494 e. The lowest BCUT2D eigenvalue weighted by atomic mass is 10.2. The number of hydrogen-bond donors (Lipinski definition) is 2. The van der Waals surface area contributed by atoms with Gasteiger partial charge in [0.15, 0.2) is 11.6 Å². The third-order valence-electron chi connectivity index (χ3n) is 3.74. The van der Waals surface area contributed by atoms with E-state index >= 15 is 0 Å². The van der Waals surface area contributed by atoms with Crippen molar-refractivity contribution in [2.75, 3.05) is 33.1 Å². The van der Waals surface area contributed by atoms with Crippen LogP contribution in [0.3, 0.4) is 0 Å². The highest BCUT2D eigenvalue weighted by Crippen LogP contribution is 2.18. The summed E-state index contributed by atoms with van der Waals surface area (Å²) in [6.07, 6.45) is 0. The van der Waals surface area contributed by atoms with Gasteiger partial charge in [-0.2, -0.15) is 0 Å². The molecule has 2 rings (SSSR count). The van der Waals surface area contributed by atoms with Gasteiger partial charge < -0.3 is 15.4 Å². The van der Waals surface area contributed by atoms with Crippen LogP contribution in [0.25, 0.3) is 0 Å². The molecule has 2 aromatic rings. The number of nitrogens with one attached hydrogen (secondary N) is 2. The smallest absolute Gasteiger partial charge is 0.251 e. The fourth-order valence-corrected chi connectivity index (χ4v) is 2.47. The number of ether oxygens (including phenoxy) is 1. The van der Waals surface area contributed by atoms with Crippen LogP contribution in [0.5, 0.6) is 5.75 Å². The second-order valence-corrected chi connectivity index (χ2v) is 5.85. The lowest BCUT2D eigenvalue weighted by molar-refractivity contribution is -0.117. The maximum Gasteiger partial charge on any atom is 0.251 e. The lowest BCUT2D eigenvalue weighted by Crippen LogP contribution is -2.29. The van der Waals surface area contributed by atoms with E-state index in [4.69, 9.17) is 4.74 Å². The zero-order valence-electron chi connectivity index (χ0n) is 15.0. The van der Waals surface area contributed by atoms with E-state index in [0.717, 1.165) is 5.56 Å². The van der Waals surface area contributed by atoms with Gasteiger partial charge in [0.2, 0.25) is 5.91 Å². The van der Waals surface area contributed by atoms with Crippen molar-refractivity contribution in [2.24, 2.45) is 0 Å². The van der Waals surface area contributed by atoms with Crippen LogP contribution < -0.4 is 15.4 Å². The summed E-state index contributed by atoms with van der Waals surface area (Å²) < 4.78 is 18.6. The molecule has 0 aromatic heterocycles. The van der Waals surface area contributed by atoms with Crippen LogP contribution in [0, 0.1) is 5.82 Å². The molecule has 0 atom stereocenters. The Labute approximate surface area is 152 Å². The van der Waals surface area contributed by atoms with E-state index in [0.29, 0.717) is 17.8 Å². The van der Waals surface area contributed by atoms with E-state index in [1.807, 2.05) is 0 Å². The molecule has 0 aliphatic rings. The van der Waals surface area contributed by atoms with Crippen LogP contribution in [0.15, 0.2) is 42.5 Å². The number of hydrogen-bond acceptors (Lipinski definition) is 4. The average molecular weight is 359 g/mol. The number of halogens is 1. The summed E-state index contributed by atoms with van der Waals surface area (Å²) in [5, 5.41) is 5.30. The topological polar surface area (TPSA) is 70.7 Å². The van der Waals surface area contributed by atoms with Gasteiger partial charge in [0.05, 0.1) is 13.7 Å².